The molecule has 3 heterocycles. The summed E-state index contributed by atoms with van der Waals surface area (Å²) in [5, 5.41) is 26.7. The van der Waals surface area contributed by atoms with Crippen LogP contribution in [0.1, 0.15) is 35.4 Å². The number of nitrogens with zero attached hydrogens (tertiary/aromatic N) is 3. The Balaban J connectivity index is 1.35. The van der Waals surface area contributed by atoms with Crippen LogP contribution in [0.5, 0.6) is 5.75 Å². The Kier molecular flexibility index (Phi) is 5.92. The quantitative estimate of drug-likeness (QED) is 0.322. The molecule has 38 heavy (non-hydrogen) atoms. The Hall–Kier alpha value is -3.83. The predicted octanol–water partition coefficient (Wildman–Crippen LogP) is 4.99. The number of para-hydroxylation sites is 1. The molecule has 194 valence electrons. The number of nitro benzene ring substituents is 1. The largest absolute Gasteiger partial charge is 0.488 e. The molecule has 6 rings (SSSR count). The van der Waals surface area contributed by atoms with Gasteiger partial charge in [0.25, 0.3) is 17.6 Å². The van der Waals surface area contributed by atoms with E-state index in [4.69, 9.17) is 4.74 Å². The smallest absolute Gasteiger partial charge is 0.269 e. The van der Waals surface area contributed by atoms with Gasteiger partial charge in [-0.1, -0.05) is 36.4 Å². The first-order chi connectivity index (χ1) is 18.3. The first kappa shape index (κ1) is 24.5. The molecular weight excluding hydrogens is 556 g/mol. The molecule has 10 nitrogen and oxygen atoms in total. The van der Waals surface area contributed by atoms with E-state index in [9.17, 15) is 25.0 Å². The van der Waals surface area contributed by atoms with Crippen molar-refractivity contribution in [3.8, 4) is 5.75 Å². The standard InChI is InChI=1S/C27H23BrN4O6/c28-20-14-17(10-11-23(20)38-15-16-5-3-6-18(13-16)31(34)35)24-22-9-4-12-30(22)27(25(24)32(36)37)19-7-1-2-8-21(19)29-26(27)33/h1-3,5-8,10-11,13-14,22,24-25H,4,9,12,15H2,(H,29,33)/t22-,24-,25-,27+/m1/s1. The van der Waals surface area contributed by atoms with Crippen molar-refractivity contribution in [2.24, 2.45) is 0 Å². The molecule has 0 aliphatic carbocycles. The summed E-state index contributed by atoms with van der Waals surface area (Å²) in [5.74, 6) is -0.338. The summed E-state index contributed by atoms with van der Waals surface area (Å²) in [6, 6.07) is 17.6. The molecule has 3 aromatic carbocycles. The van der Waals surface area contributed by atoms with E-state index in [0.29, 0.717) is 33.6 Å². The molecule has 4 atom stereocenters. The van der Waals surface area contributed by atoms with Crippen LogP contribution in [-0.4, -0.2) is 39.3 Å². The average molecular weight is 579 g/mol. The summed E-state index contributed by atoms with van der Waals surface area (Å²) < 4.78 is 6.53. The lowest BCUT2D eigenvalue weighted by atomic mass is 9.77. The number of hydrogen-bond acceptors (Lipinski definition) is 7. The molecule has 0 saturated carbocycles. The highest BCUT2D eigenvalue weighted by molar-refractivity contribution is 9.10. The minimum Gasteiger partial charge on any atom is -0.488 e. The Morgan fingerprint density at radius 2 is 1.89 bits per heavy atom. The van der Waals surface area contributed by atoms with Crippen LogP contribution >= 0.6 is 15.9 Å². The van der Waals surface area contributed by atoms with E-state index >= 15 is 0 Å². The van der Waals surface area contributed by atoms with Gasteiger partial charge in [0.2, 0.25) is 0 Å². The van der Waals surface area contributed by atoms with Crippen molar-refractivity contribution in [2.45, 2.75) is 43.0 Å². The second-order valence-corrected chi connectivity index (χ2v) is 10.7. The van der Waals surface area contributed by atoms with Crippen LogP contribution in [0.3, 0.4) is 0 Å². The van der Waals surface area contributed by atoms with Gasteiger partial charge in [-0.05, 0) is 58.1 Å². The molecule has 1 amide bonds. The second kappa shape index (κ2) is 9.17. The fraction of sp³-hybridized carbons (Fsp3) is 0.296. The van der Waals surface area contributed by atoms with E-state index in [1.165, 1.54) is 12.1 Å². The maximum atomic E-state index is 13.6. The molecule has 0 radical (unpaired) electrons. The number of rotatable bonds is 6. The van der Waals surface area contributed by atoms with Crippen molar-refractivity contribution in [1.29, 1.82) is 0 Å². The van der Waals surface area contributed by atoms with E-state index in [-0.39, 0.29) is 29.2 Å². The van der Waals surface area contributed by atoms with Crippen LogP contribution in [-0.2, 0) is 16.9 Å². The molecule has 1 spiro atoms. The summed E-state index contributed by atoms with van der Waals surface area (Å²) in [6.45, 7) is 0.732. The van der Waals surface area contributed by atoms with Gasteiger partial charge in [0.1, 0.15) is 12.4 Å². The van der Waals surface area contributed by atoms with Crippen molar-refractivity contribution in [2.75, 3.05) is 11.9 Å². The lowest BCUT2D eigenvalue weighted by molar-refractivity contribution is -0.534. The number of nitro groups is 2. The summed E-state index contributed by atoms with van der Waals surface area (Å²) in [5.41, 5.74) is 1.32. The van der Waals surface area contributed by atoms with Gasteiger partial charge in [0, 0.05) is 40.9 Å². The van der Waals surface area contributed by atoms with E-state index in [0.717, 1.165) is 18.4 Å². The maximum absolute atomic E-state index is 13.6. The molecular formula is C27H23BrN4O6. The number of nitrogens with one attached hydrogen (secondary N) is 1. The molecule has 2 fully saturated rings. The average Bonchev–Trinajstić information content (AvgIpc) is 3.56. The van der Waals surface area contributed by atoms with E-state index in [1.54, 1.807) is 24.3 Å². The van der Waals surface area contributed by atoms with Crippen molar-refractivity contribution in [3.05, 3.63) is 108 Å². The highest BCUT2D eigenvalue weighted by atomic mass is 79.9. The SMILES string of the molecule is O=C1Nc2ccccc2[C@]12[C@H]([N+](=O)[O-])[C@H](c1ccc(OCc3cccc([N+](=O)[O-])c3)c(Br)c1)[C@H]1CCCN12. The Morgan fingerprint density at radius 3 is 2.66 bits per heavy atom. The number of ether oxygens (including phenoxy) is 1. The van der Waals surface area contributed by atoms with Gasteiger partial charge in [0.05, 0.1) is 15.3 Å². The summed E-state index contributed by atoms with van der Waals surface area (Å²) >= 11 is 3.55. The number of hydrogen-bond donors (Lipinski definition) is 1. The van der Waals surface area contributed by atoms with Crippen molar-refractivity contribution < 1.29 is 19.4 Å². The van der Waals surface area contributed by atoms with Gasteiger partial charge in [-0.25, -0.2) is 0 Å². The number of non-ortho nitro benzene ring substituents is 1. The zero-order valence-corrected chi connectivity index (χ0v) is 21.7. The summed E-state index contributed by atoms with van der Waals surface area (Å²) in [4.78, 5) is 38.7. The fourth-order valence-corrected chi connectivity index (χ4v) is 7.05. The lowest BCUT2D eigenvalue weighted by Gasteiger charge is -2.32. The Labute approximate surface area is 226 Å². The molecule has 0 bridgehead atoms. The molecule has 2 saturated heterocycles. The fourth-order valence-electron chi connectivity index (χ4n) is 6.54. The second-order valence-electron chi connectivity index (χ2n) is 9.83. The number of anilines is 1. The minimum absolute atomic E-state index is 0.0138. The number of carbonyl (C=O) groups is 1. The number of amides is 1. The third kappa shape index (κ3) is 3.60. The van der Waals surface area contributed by atoms with Gasteiger partial charge in [-0.3, -0.25) is 29.9 Å². The molecule has 3 aromatic rings. The molecule has 11 heteroatoms. The van der Waals surface area contributed by atoms with E-state index in [1.807, 2.05) is 35.2 Å². The highest BCUT2D eigenvalue weighted by Crippen LogP contribution is 2.58. The number of carbonyl (C=O) groups excluding carboxylic acids is 1. The first-order valence-corrected chi connectivity index (χ1v) is 13.1. The van der Waals surface area contributed by atoms with Crippen LogP contribution in [0.4, 0.5) is 11.4 Å². The molecule has 0 aromatic heterocycles. The van der Waals surface area contributed by atoms with Crippen LogP contribution in [0, 0.1) is 20.2 Å². The zero-order chi connectivity index (χ0) is 26.6. The van der Waals surface area contributed by atoms with Crippen LogP contribution in [0.15, 0.2) is 71.2 Å². The predicted molar refractivity (Wildman–Crippen MR) is 142 cm³/mol. The molecule has 3 aliphatic rings. The lowest BCUT2D eigenvalue weighted by Crippen LogP contribution is -2.55. The number of fused-ring (bicyclic) bond motifs is 4. The molecule has 0 unspecified atom stereocenters. The molecule has 3 aliphatic heterocycles. The van der Waals surface area contributed by atoms with Crippen LogP contribution in [0.25, 0.3) is 0 Å². The van der Waals surface area contributed by atoms with Gasteiger partial charge in [-0.15, -0.1) is 0 Å². The topological polar surface area (TPSA) is 128 Å². The van der Waals surface area contributed by atoms with Gasteiger partial charge < -0.3 is 10.1 Å². The third-order valence-corrected chi connectivity index (χ3v) is 8.57. The summed E-state index contributed by atoms with van der Waals surface area (Å²) in [6.07, 6.45) is 1.61. The van der Waals surface area contributed by atoms with Gasteiger partial charge in [0.15, 0.2) is 5.54 Å². The van der Waals surface area contributed by atoms with Crippen LogP contribution in [0.2, 0.25) is 0 Å². The minimum atomic E-state index is -1.37. The highest BCUT2D eigenvalue weighted by Gasteiger charge is 2.73. The van der Waals surface area contributed by atoms with E-state index < -0.39 is 22.4 Å². The van der Waals surface area contributed by atoms with Crippen molar-refractivity contribution in [1.82, 2.24) is 4.90 Å². The maximum Gasteiger partial charge on any atom is 0.269 e. The van der Waals surface area contributed by atoms with Gasteiger partial charge >= 0.3 is 0 Å². The Morgan fingerprint density at radius 1 is 1.08 bits per heavy atom. The van der Waals surface area contributed by atoms with E-state index in [2.05, 4.69) is 21.2 Å². The first-order valence-electron chi connectivity index (χ1n) is 12.3. The Bertz CT molecular complexity index is 1480. The zero-order valence-electron chi connectivity index (χ0n) is 20.1. The molecule has 1 N–H and O–H groups in total. The summed E-state index contributed by atoms with van der Waals surface area (Å²) in [7, 11) is 0. The number of halogens is 1. The van der Waals surface area contributed by atoms with Gasteiger partial charge in [-0.2, -0.15) is 0 Å². The van der Waals surface area contributed by atoms with Crippen molar-refractivity contribution in [3.63, 3.8) is 0 Å². The number of benzene rings is 3. The van der Waals surface area contributed by atoms with Crippen LogP contribution < -0.4 is 10.1 Å². The third-order valence-electron chi connectivity index (χ3n) is 7.95. The normalized spacial score (nSPS) is 25.7. The monoisotopic (exact) mass is 578 g/mol. The van der Waals surface area contributed by atoms with Crippen molar-refractivity contribution >= 4 is 33.2 Å².